The minimum Gasteiger partial charge on any atom is -0.489 e. The van der Waals surface area contributed by atoms with Crippen molar-refractivity contribution in [1.82, 2.24) is 15.3 Å². The van der Waals surface area contributed by atoms with Crippen molar-refractivity contribution >= 4 is 29.1 Å². The first-order chi connectivity index (χ1) is 15.8. The topological polar surface area (TPSA) is 108 Å². The second-order valence-electron chi connectivity index (χ2n) is 7.38. The number of anilines is 1. The van der Waals surface area contributed by atoms with Crippen molar-refractivity contribution in [1.29, 1.82) is 5.26 Å². The zero-order valence-electron chi connectivity index (χ0n) is 17.6. The maximum absolute atomic E-state index is 14.0. The predicted molar refractivity (Wildman–Crippen MR) is 118 cm³/mol. The summed E-state index contributed by atoms with van der Waals surface area (Å²) in [4.78, 5) is 35.2. The van der Waals surface area contributed by atoms with Crippen molar-refractivity contribution in [3.8, 4) is 23.1 Å². The van der Waals surface area contributed by atoms with Crippen LogP contribution < -0.4 is 15.0 Å². The molecule has 8 nitrogen and oxygen atoms in total. The Hall–Kier alpha value is -4.03. The van der Waals surface area contributed by atoms with E-state index in [0.29, 0.717) is 28.1 Å². The third kappa shape index (κ3) is 4.33. The first-order valence-corrected chi connectivity index (χ1v) is 10.2. The number of fused-ring (bicyclic) bond motifs is 1. The zero-order chi connectivity index (χ0) is 23.7. The van der Waals surface area contributed by atoms with Crippen molar-refractivity contribution in [3.05, 3.63) is 70.4 Å². The fourth-order valence-electron chi connectivity index (χ4n) is 3.32. The number of rotatable bonds is 3. The Bertz CT molecular complexity index is 1320. The summed E-state index contributed by atoms with van der Waals surface area (Å²) in [6.45, 7) is 1.47. The van der Waals surface area contributed by atoms with Gasteiger partial charge in [0, 0.05) is 18.7 Å². The average molecular weight is 466 g/mol. The number of carbonyl (C=O) groups is 2. The molecule has 0 saturated heterocycles. The number of nitrogens with zero attached hydrogens (tertiary/aromatic N) is 4. The minimum absolute atomic E-state index is 0.146. The summed E-state index contributed by atoms with van der Waals surface area (Å²) in [6.07, 6.45) is 1.24. The number of ether oxygens (including phenoxy) is 1. The molecule has 1 aliphatic heterocycles. The van der Waals surface area contributed by atoms with Gasteiger partial charge in [0.05, 0.1) is 34.2 Å². The Morgan fingerprint density at radius 1 is 1.33 bits per heavy atom. The molecular weight excluding hydrogens is 449 g/mol. The van der Waals surface area contributed by atoms with Crippen molar-refractivity contribution < 1.29 is 18.7 Å². The largest absolute Gasteiger partial charge is 0.489 e. The monoisotopic (exact) mass is 465 g/mol. The van der Waals surface area contributed by atoms with E-state index in [1.54, 1.807) is 38.2 Å². The first kappa shape index (κ1) is 22.2. The number of nitriles is 1. The molecule has 0 saturated carbocycles. The molecular formula is C23H17ClFN5O3. The van der Waals surface area contributed by atoms with Crippen LogP contribution in [0, 0.1) is 24.1 Å². The van der Waals surface area contributed by atoms with Gasteiger partial charge in [-0.05, 0) is 30.7 Å². The molecule has 2 amide bonds. The Balaban J connectivity index is 1.58. The van der Waals surface area contributed by atoms with Gasteiger partial charge < -0.3 is 15.0 Å². The third-order valence-corrected chi connectivity index (χ3v) is 5.46. The zero-order valence-corrected chi connectivity index (χ0v) is 18.4. The summed E-state index contributed by atoms with van der Waals surface area (Å²) in [7, 11) is 1.55. The molecule has 1 aliphatic rings. The number of aromatic nitrogens is 2. The maximum atomic E-state index is 14.0. The number of carbonyl (C=O) groups excluding carboxylic acids is 2. The SMILES string of the molecule is Cc1ccc(-c2nc(C(=O)N[C@H]3COc4cc(C#N)ccc4N(C)C3=O)ncc2Cl)cc1F. The van der Waals surface area contributed by atoms with Crippen LogP contribution in [0.15, 0.2) is 42.6 Å². The van der Waals surface area contributed by atoms with Crippen LogP contribution in [0.2, 0.25) is 5.02 Å². The van der Waals surface area contributed by atoms with Crippen LogP contribution in [0.5, 0.6) is 5.75 Å². The smallest absolute Gasteiger partial charge is 0.289 e. The Morgan fingerprint density at radius 3 is 2.85 bits per heavy atom. The Morgan fingerprint density at radius 2 is 2.12 bits per heavy atom. The normalized spacial score (nSPS) is 15.2. The molecule has 0 radical (unpaired) electrons. The fourth-order valence-corrected chi connectivity index (χ4v) is 3.52. The number of likely N-dealkylation sites (N-methyl/N-ethyl adjacent to an activating group) is 1. The molecule has 4 rings (SSSR count). The van der Waals surface area contributed by atoms with E-state index in [9.17, 15) is 14.0 Å². The number of nitrogens with one attached hydrogen (secondary N) is 1. The van der Waals surface area contributed by atoms with Crippen LogP contribution in [0.25, 0.3) is 11.3 Å². The van der Waals surface area contributed by atoms with E-state index in [4.69, 9.17) is 21.6 Å². The highest BCUT2D eigenvalue weighted by Gasteiger charge is 2.31. The molecule has 0 aliphatic carbocycles. The molecule has 1 atom stereocenters. The van der Waals surface area contributed by atoms with Crippen molar-refractivity contribution in [2.45, 2.75) is 13.0 Å². The molecule has 0 unspecified atom stereocenters. The van der Waals surface area contributed by atoms with Crippen LogP contribution in [0.1, 0.15) is 21.7 Å². The number of benzene rings is 2. The second-order valence-corrected chi connectivity index (χ2v) is 7.79. The lowest BCUT2D eigenvalue weighted by molar-refractivity contribution is -0.120. The molecule has 1 N–H and O–H groups in total. The summed E-state index contributed by atoms with van der Waals surface area (Å²) in [6, 6.07) is 10.2. The number of halogens is 2. The van der Waals surface area contributed by atoms with Gasteiger partial charge in [-0.15, -0.1) is 0 Å². The third-order valence-electron chi connectivity index (χ3n) is 5.18. The molecule has 3 aromatic rings. The highest BCUT2D eigenvalue weighted by molar-refractivity contribution is 6.33. The molecule has 2 heterocycles. The molecule has 2 aromatic carbocycles. The van der Waals surface area contributed by atoms with Gasteiger partial charge in [0.1, 0.15) is 24.2 Å². The standard InChI is InChI=1S/C23H17ClFN5O3/c1-12-3-5-14(8-16(12)25)20-15(24)10-27-21(29-20)22(31)28-17-11-33-19-7-13(9-26)4-6-18(19)30(2)23(17)32/h3-8,10,17H,11H2,1-2H3,(H,28,31)/t17-/m0/s1. The van der Waals surface area contributed by atoms with Crippen molar-refractivity contribution in [2.75, 3.05) is 18.6 Å². The van der Waals surface area contributed by atoms with Crippen LogP contribution in [0.3, 0.4) is 0 Å². The predicted octanol–water partition coefficient (Wildman–Crippen LogP) is 3.27. The molecule has 0 fully saturated rings. The molecule has 0 spiro atoms. The van der Waals surface area contributed by atoms with E-state index in [2.05, 4.69) is 15.3 Å². The van der Waals surface area contributed by atoms with Gasteiger partial charge in [-0.1, -0.05) is 23.7 Å². The van der Waals surface area contributed by atoms with Gasteiger partial charge in [-0.2, -0.15) is 5.26 Å². The van der Waals surface area contributed by atoms with Crippen LogP contribution >= 0.6 is 11.6 Å². The average Bonchev–Trinajstić information content (AvgIpc) is 2.93. The Kier molecular flexibility index (Phi) is 5.94. The van der Waals surface area contributed by atoms with Crippen LogP contribution in [-0.4, -0.2) is 41.5 Å². The van der Waals surface area contributed by atoms with Crippen LogP contribution in [0.4, 0.5) is 10.1 Å². The molecule has 33 heavy (non-hydrogen) atoms. The second kappa shape index (κ2) is 8.84. The van der Waals surface area contributed by atoms with E-state index < -0.39 is 23.7 Å². The van der Waals surface area contributed by atoms with Gasteiger partial charge >= 0.3 is 0 Å². The van der Waals surface area contributed by atoms with E-state index >= 15 is 0 Å². The molecule has 10 heteroatoms. The molecule has 166 valence electrons. The Labute approximate surface area is 193 Å². The molecule has 1 aromatic heterocycles. The van der Waals surface area contributed by atoms with E-state index in [0.717, 1.165) is 0 Å². The van der Waals surface area contributed by atoms with Gasteiger partial charge in [-0.25, -0.2) is 14.4 Å². The molecule has 0 bridgehead atoms. The number of hydrogen-bond acceptors (Lipinski definition) is 6. The van der Waals surface area contributed by atoms with Crippen molar-refractivity contribution in [3.63, 3.8) is 0 Å². The maximum Gasteiger partial charge on any atom is 0.289 e. The van der Waals surface area contributed by atoms with Gasteiger partial charge in [0.2, 0.25) is 5.82 Å². The summed E-state index contributed by atoms with van der Waals surface area (Å²) in [5.74, 6) is -1.45. The number of hydrogen-bond donors (Lipinski definition) is 1. The fraction of sp³-hybridized carbons (Fsp3) is 0.174. The summed E-state index contributed by atoms with van der Waals surface area (Å²) < 4.78 is 19.7. The summed E-state index contributed by atoms with van der Waals surface area (Å²) in [5.41, 5.74) is 1.89. The number of amides is 2. The lowest BCUT2D eigenvalue weighted by Crippen LogP contribution is -2.49. The van der Waals surface area contributed by atoms with Gasteiger partial charge in [-0.3, -0.25) is 9.59 Å². The quantitative estimate of drug-likeness (QED) is 0.636. The lowest BCUT2D eigenvalue weighted by Gasteiger charge is -2.20. The van der Waals surface area contributed by atoms with Gasteiger partial charge in [0.15, 0.2) is 0 Å². The van der Waals surface area contributed by atoms with E-state index in [-0.39, 0.29) is 23.1 Å². The van der Waals surface area contributed by atoms with Gasteiger partial charge in [0.25, 0.3) is 11.8 Å². The highest BCUT2D eigenvalue weighted by Crippen LogP contribution is 2.31. The number of aryl methyl sites for hydroxylation is 1. The van der Waals surface area contributed by atoms with Crippen molar-refractivity contribution in [2.24, 2.45) is 0 Å². The van der Waals surface area contributed by atoms with E-state index in [1.165, 1.54) is 23.2 Å². The summed E-state index contributed by atoms with van der Waals surface area (Å²) in [5, 5.41) is 11.8. The summed E-state index contributed by atoms with van der Waals surface area (Å²) >= 11 is 6.18. The van der Waals surface area contributed by atoms with E-state index in [1.807, 2.05) is 6.07 Å². The van der Waals surface area contributed by atoms with Crippen LogP contribution in [-0.2, 0) is 4.79 Å². The lowest BCUT2D eigenvalue weighted by atomic mass is 10.1. The minimum atomic E-state index is -1.03. The highest BCUT2D eigenvalue weighted by atomic mass is 35.5. The first-order valence-electron chi connectivity index (χ1n) is 9.83.